The summed E-state index contributed by atoms with van der Waals surface area (Å²) < 4.78 is 18.3. The number of hydrogen-bond donors (Lipinski definition) is 3. The van der Waals surface area contributed by atoms with E-state index in [2.05, 4.69) is 29.5 Å². The zero-order valence-electron chi connectivity index (χ0n) is 14.2. The number of aliphatic hydroxyl groups is 1. The van der Waals surface area contributed by atoms with E-state index in [1.165, 1.54) is 12.1 Å². The molecular weight excluding hydrogens is 297 g/mol. The molecule has 1 aromatic carbocycles. The van der Waals surface area contributed by atoms with Gasteiger partial charge >= 0.3 is 0 Å². The van der Waals surface area contributed by atoms with Crippen LogP contribution in [-0.2, 0) is 11.3 Å². The van der Waals surface area contributed by atoms with Gasteiger partial charge in [0.25, 0.3) is 0 Å². The molecule has 1 unspecified atom stereocenters. The monoisotopic (exact) mass is 325 g/mol. The molecule has 23 heavy (non-hydrogen) atoms. The van der Waals surface area contributed by atoms with Gasteiger partial charge in [0.2, 0.25) is 0 Å². The third-order valence-electron chi connectivity index (χ3n) is 2.94. The summed E-state index contributed by atoms with van der Waals surface area (Å²) in [6, 6.07) is 6.25. The van der Waals surface area contributed by atoms with Gasteiger partial charge in [-0.2, -0.15) is 0 Å². The lowest BCUT2D eigenvalue weighted by atomic mass is 10.2. The molecule has 0 aromatic heterocycles. The first kappa shape index (κ1) is 19.4. The van der Waals surface area contributed by atoms with E-state index in [1.807, 2.05) is 6.92 Å². The van der Waals surface area contributed by atoms with E-state index < -0.39 is 6.10 Å². The molecule has 1 aromatic rings. The van der Waals surface area contributed by atoms with Gasteiger partial charge in [-0.1, -0.05) is 26.0 Å². The standard InChI is InChI=1S/C17H28FN3O2/c1-4-19-17(20-9-14-5-7-15(18)8-6-14)21-10-16(22)12-23-11-13(2)3/h5-8,13,16,22H,4,9-12H2,1-3H3,(H2,19,20,21). The van der Waals surface area contributed by atoms with Crippen LogP contribution in [0.15, 0.2) is 29.3 Å². The Kier molecular flexibility index (Phi) is 9.24. The van der Waals surface area contributed by atoms with Crippen molar-refractivity contribution in [1.82, 2.24) is 10.6 Å². The second-order valence-corrected chi connectivity index (χ2v) is 5.79. The van der Waals surface area contributed by atoms with Gasteiger partial charge < -0.3 is 20.5 Å². The quantitative estimate of drug-likeness (QED) is 0.479. The Morgan fingerprint density at radius 3 is 2.52 bits per heavy atom. The van der Waals surface area contributed by atoms with Crippen LogP contribution in [-0.4, -0.2) is 43.5 Å². The van der Waals surface area contributed by atoms with E-state index in [0.717, 1.165) is 12.1 Å². The summed E-state index contributed by atoms with van der Waals surface area (Å²) in [5, 5.41) is 16.1. The number of guanidine groups is 1. The van der Waals surface area contributed by atoms with Gasteiger partial charge in [0.1, 0.15) is 5.82 Å². The largest absolute Gasteiger partial charge is 0.389 e. The average molecular weight is 325 g/mol. The molecule has 0 aliphatic carbocycles. The summed E-state index contributed by atoms with van der Waals surface area (Å²) in [5.74, 6) is 0.803. The number of aliphatic imine (C=N–C) groups is 1. The third-order valence-corrected chi connectivity index (χ3v) is 2.94. The van der Waals surface area contributed by atoms with Crippen LogP contribution in [0.3, 0.4) is 0 Å². The van der Waals surface area contributed by atoms with Crippen molar-refractivity contribution in [2.75, 3.05) is 26.3 Å². The number of hydrogen-bond acceptors (Lipinski definition) is 3. The minimum absolute atomic E-state index is 0.257. The molecule has 6 heteroatoms. The molecular formula is C17H28FN3O2. The van der Waals surface area contributed by atoms with Gasteiger partial charge in [-0.05, 0) is 30.5 Å². The number of benzene rings is 1. The molecule has 130 valence electrons. The fraction of sp³-hybridized carbons (Fsp3) is 0.588. The number of aliphatic hydroxyl groups excluding tert-OH is 1. The number of nitrogens with zero attached hydrogens (tertiary/aromatic N) is 1. The Morgan fingerprint density at radius 2 is 1.91 bits per heavy atom. The Hall–Kier alpha value is -1.66. The molecule has 1 rings (SSSR count). The molecule has 0 aliphatic heterocycles. The first-order valence-corrected chi connectivity index (χ1v) is 8.03. The predicted molar refractivity (Wildman–Crippen MR) is 90.9 cm³/mol. The zero-order valence-corrected chi connectivity index (χ0v) is 14.2. The van der Waals surface area contributed by atoms with E-state index in [4.69, 9.17) is 4.74 Å². The van der Waals surface area contributed by atoms with Gasteiger partial charge in [-0.3, -0.25) is 0 Å². The second kappa shape index (κ2) is 11.0. The van der Waals surface area contributed by atoms with Gasteiger partial charge in [0, 0.05) is 19.7 Å². The zero-order chi connectivity index (χ0) is 17.1. The highest BCUT2D eigenvalue weighted by Gasteiger charge is 2.06. The SMILES string of the molecule is CCNC(=NCc1ccc(F)cc1)NCC(O)COCC(C)C. The van der Waals surface area contributed by atoms with Gasteiger partial charge in [0.05, 0.1) is 19.3 Å². The lowest BCUT2D eigenvalue weighted by molar-refractivity contribution is 0.0280. The van der Waals surface area contributed by atoms with Crippen LogP contribution in [0.1, 0.15) is 26.3 Å². The van der Waals surface area contributed by atoms with Crippen molar-refractivity contribution >= 4 is 5.96 Å². The van der Waals surface area contributed by atoms with E-state index in [1.54, 1.807) is 12.1 Å². The van der Waals surface area contributed by atoms with Crippen molar-refractivity contribution in [2.24, 2.45) is 10.9 Å². The molecule has 0 aliphatic rings. The highest BCUT2D eigenvalue weighted by atomic mass is 19.1. The fourth-order valence-corrected chi connectivity index (χ4v) is 1.82. The predicted octanol–water partition coefficient (Wildman–Crippen LogP) is 1.91. The topological polar surface area (TPSA) is 65.9 Å². The molecule has 0 heterocycles. The van der Waals surface area contributed by atoms with Crippen molar-refractivity contribution in [3.8, 4) is 0 Å². The van der Waals surface area contributed by atoms with E-state index in [9.17, 15) is 9.50 Å². The fourth-order valence-electron chi connectivity index (χ4n) is 1.82. The maximum absolute atomic E-state index is 12.9. The Labute approximate surface area is 138 Å². The number of nitrogens with one attached hydrogen (secondary N) is 2. The summed E-state index contributed by atoms with van der Waals surface area (Å²) in [6.07, 6.45) is -0.594. The van der Waals surface area contributed by atoms with Gasteiger partial charge in [0.15, 0.2) is 5.96 Å². The molecule has 0 amide bonds. The summed E-state index contributed by atoms with van der Waals surface area (Å²) >= 11 is 0. The van der Waals surface area contributed by atoms with Gasteiger partial charge in [-0.15, -0.1) is 0 Å². The highest BCUT2D eigenvalue weighted by molar-refractivity contribution is 5.79. The second-order valence-electron chi connectivity index (χ2n) is 5.79. The molecule has 3 N–H and O–H groups in total. The average Bonchev–Trinajstić information content (AvgIpc) is 2.51. The van der Waals surface area contributed by atoms with E-state index in [-0.39, 0.29) is 5.82 Å². The lowest BCUT2D eigenvalue weighted by Gasteiger charge is -2.16. The highest BCUT2D eigenvalue weighted by Crippen LogP contribution is 2.03. The minimum atomic E-state index is -0.594. The van der Waals surface area contributed by atoms with Crippen LogP contribution in [0, 0.1) is 11.7 Å². The lowest BCUT2D eigenvalue weighted by Crippen LogP contribution is -2.42. The third kappa shape index (κ3) is 9.15. The van der Waals surface area contributed by atoms with Crippen molar-refractivity contribution < 1.29 is 14.2 Å². The maximum Gasteiger partial charge on any atom is 0.191 e. The molecule has 0 fully saturated rings. The minimum Gasteiger partial charge on any atom is -0.389 e. The molecule has 0 spiro atoms. The summed E-state index contributed by atoms with van der Waals surface area (Å²) in [4.78, 5) is 4.41. The number of halogens is 1. The van der Waals surface area contributed by atoms with Crippen LogP contribution in [0.25, 0.3) is 0 Å². The number of rotatable bonds is 9. The van der Waals surface area contributed by atoms with E-state index in [0.29, 0.717) is 38.2 Å². The smallest absolute Gasteiger partial charge is 0.191 e. The number of ether oxygens (including phenoxy) is 1. The van der Waals surface area contributed by atoms with Gasteiger partial charge in [-0.25, -0.2) is 9.38 Å². The van der Waals surface area contributed by atoms with Crippen molar-refractivity contribution in [3.63, 3.8) is 0 Å². The Balaban J connectivity index is 2.41. The molecule has 0 saturated carbocycles. The molecule has 0 saturated heterocycles. The van der Waals surface area contributed by atoms with Crippen LogP contribution in [0.2, 0.25) is 0 Å². The Morgan fingerprint density at radius 1 is 1.22 bits per heavy atom. The Bertz CT molecular complexity index is 463. The maximum atomic E-state index is 12.9. The van der Waals surface area contributed by atoms with Crippen molar-refractivity contribution in [1.29, 1.82) is 0 Å². The van der Waals surface area contributed by atoms with E-state index >= 15 is 0 Å². The first-order valence-electron chi connectivity index (χ1n) is 8.03. The summed E-state index contributed by atoms with van der Waals surface area (Å²) in [5.41, 5.74) is 0.921. The molecule has 0 radical (unpaired) electrons. The van der Waals surface area contributed by atoms with Crippen LogP contribution in [0.5, 0.6) is 0 Å². The van der Waals surface area contributed by atoms with Crippen LogP contribution in [0.4, 0.5) is 4.39 Å². The molecule has 5 nitrogen and oxygen atoms in total. The van der Waals surface area contributed by atoms with Crippen molar-refractivity contribution in [3.05, 3.63) is 35.6 Å². The molecule has 1 atom stereocenters. The first-order chi connectivity index (χ1) is 11.0. The van der Waals surface area contributed by atoms with Crippen LogP contribution >= 0.6 is 0 Å². The normalized spacial score (nSPS) is 13.2. The van der Waals surface area contributed by atoms with Crippen molar-refractivity contribution in [2.45, 2.75) is 33.4 Å². The summed E-state index contributed by atoms with van der Waals surface area (Å²) in [6.45, 7) is 8.54. The summed E-state index contributed by atoms with van der Waals surface area (Å²) in [7, 11) is 0. The molecule has 0 bridgehead atoms. The van der Waals surface area contributed by atoms with Crippen LogP contribution < -0.4 is 10.6 Å².